The molecular weight excluding hydrogens is 464 g/mol. The van der Waals surface area contributed by atoms with Crippen molar-refractivity contribution in [2.45, 2.75) is 19.6 Å². The second-order valence-corrected chi connectivity index (χ2v) is 9.18. The molecule has 11 heteroatoms. The van der Waals surface area contributed by atoms with E-state index in [9.17, 15) is 10.4 Å². The molecule has 4 N–H and O–H groups in total. The Morgan fingerprint density at radius 2 is 2.09 bits per heavy atom. The molecule has 0 saturated carbocycles. The lowest BCUT2D eigenvalue weighted by atomic mass is 10.0. The number of aliphatic hydroxyl groups excluding tert-OH is 1. The topological polar surface area (TPSA) is 150 Å². The number of rotatable bonds is 5. The van der Waals surface area contributed by atoms with E-state index in [-0.39, 0.29) is 17.4 Å². The maximum atomic E-state index is 10.9. The normalized spacial score (nSPS) is 15.5. The van der Waals surface area contributed by atoms with Gasteiger partial charge in [0.15, 0.2) is 11.5 Å². The number of aliphatic hydroxyl groups is 1. The summed E-state index contributed by atoms with van der Waals surface area (Å²) < 4.78 is 5.85. The fourth-order valence-corrected chi connectivity index (χ4v) is 4.89. The number of hydrogen-bond acceptors (Lipinski definition) is 11. The average molecular weight is 489 g/mol. The van der Waals surface area contributed by atoms with Gasteiger partial charge in [0.2, 0.25) is 0 Å². The molecule has 1 unspecified atom stereocenters. The van der Waals surface area contributed by atoms with Gasteiger partial charge in [0, 0.05) is 25.2 Å². The van der Waals surface area contributed by atoms with Crippen LogP contribution in [0.5, 0.6) is 0 Å². The van der Waals surface area contributed by atoms with Gasteiger partial charge in [0.05, 0.1) is 28.4 Å². The molecule has 5 rings (SSSR count). The van der Waals surface area contributed by atoms with Gasteiger partial charge in [0.25, 0.3) is 11.8 Å². The van der Waals surface area contributed by atoms with Crippen LogP contribution in [0.15, 0.2) is 40.3 Å². The van der Waals surface area contributed by atoms with E-state index in [1.54, 1.807) is 18.2 Å². The van der Waals surface area contributed by atoms with Crippen molar-refractivity contribution in [1.82, 2.24) is 30.4 Å². The first-order valence-corrected chi connectivity index (χ1v) is 12.1. The zero-order valence-corrected chi connectivity index (χ0v) is 19.9. The highest BCUT2D eigenvalue weighted by molar-refractivity contribution is 7.13. The van der Waals surface area contributed by atoms with Crippen LogP contribution in [0, 0.1) is 18.3 Å². The van der Waals surface area contributed by atoms with E-state index in [0.29, 0.717) is 28.3 Å². The molecule has 35 heavy (non-hydrogen) atoms. The number of nitrogens with two attached hydrogens (primary N) is 1. The van der Waals surface area contributed by atoms with Gasteiger partial charge in [-0.15, -0.1) is 21.5 Å². The predicted octanol–water partition coefficient (Wildman–Crippen LogP) is 2.97. The molecule has 3 aromatic heterocycles. The molecule has 178 valence electrons. The first-order valence-electron chi connectivity index (χ1n) is 11.2. The molecule has 0 bridgehead atoms. The van der Waals surface area contributed by atoms with Gasteiger partial charge in [-0.25, -0.2) is 9.97 Å². The summed E-state index contributed by atoms with van der Waals surface area (Å²) >= 11 is 1.51. The molecule has 1 fully saturated rings. The number of aromatic nitrogens is 4. The van der Waals surface area contributed by atoms with E-state index < -0.39 is 6.23 Å². The fourth-order valence-electron chi connectivity index (χ4n) is 4.05. The molecule has 1 saturated heterocycles. The van der Waals surface area contributed by atoms with Gasteiger partial charge in [0.1, 0.15) is 6.23 Å². The molecule has 0 radical (unpaired) electrons. The number of benzene rings is 1. The molecule has 1 aliphatic rings. The van der Waals surface area contributed by atoms with Crippen molar-refractivity contribution in [3.8, 4) is 39.7 Å². The number of hydrogen-bond donors (Lipinski definition) is 3. The molecule has 4 heterocycles. The van der Waals surface area contributed by atoms with Crippen LogP contribution >= 0.6 is 11.3 Å². The van der Waals surface area contributed by atoms with Gasteiger partial charge >= 0.3 is 0 Å². The van der Waals surface area contributed by atoms with Crippen molar-refractivity contribution in [3.63, 3.8) is 0 Å². The number of nitriles is 1. The maximum absolute atomic E-state index is 10.9. The van der Waals surface area contributed by atoms with Crippen molar-refractivity contribution in [3.05, 3.63) is 52.5 Å². The summed E-state index contributed by atoms with van der Waals surface area (Å²) in [6.45, 7) is 5.22. The van der Waals surface area contributed by atoms with Gasteiger partial charge in [-0.3, -0.25) is 4.90 Å². The van der Waals surface area contributed by atoms with Crippen LogP contribution in [-0.2, 0) is 0 Å². The maximum Gasteiger partial charge on any atom is 0.270 e. The molecule has 0 spiro atoms. The average Bonchev–Trinajstić information content (AvgIpc) is 3.44. The SMILES string of the molecule is Cc1ccsc1-c1nnc(-c2nc(-c3ccc(C(O)N4CCCNCC4)cc3C#N)cnc2N)o1. The van der Waals surface area contributed by atoms with Crippen LogP contribution in [0.3, 0.4) is 0 Å². The fraction of sp³-hybridized carbons (Fsp3) is 0.292. The summed E-state index contributed by atoms with van der Waals surface area (Å²) in [5.41, 5.74) is 9.41. The molecular formula is C24H24N8O2S. The van der Waals surface area contributed by atoms with Crippen molar-refractivity contribution in [2.75, 3.05) is 31.9 Å². The van der Waals surface area contributed by atoms with E-state index in [4.69, 9.17) is 10.2 Å². The summed E-state index contributed by atoms with van der Waals surface area (Å²) in [6, 6.07) is 9.47. The van der Waals surface area contributed by atoms with Crippen LogP contribution in [0.25, 0.3) is 33.6 Å². The third kappa shape index (κ3) is 4.65. The Morgan fingerprint density at radius 1 is 1.23 bits per heavy atom. The lowest BCUT2D eigenvalue weighted by Crippen LogP contribution is -2.32. The van der Waals surface area contributed by atoms with Crippen molar-refractivity contribution in [1.29, 1.82) is 5.26 Å². The summed E-state index contributed by atoms with van der Waals surface area (Å²) in [5.74, 6) is 0.686. The van der Waals surface area contributed by atoms with Crippen molar-refractivity contribution >= 4 is 17.2 Å². The number of nitrogens with one attached hydrogen (secondary N) is 1. The van der Waals surface area contributed by atoms with Crippen molar-refractivity contribution in [2.24, 2.45) is 0 Å². The van der Waals surface area contributed by atoms with Crippen LogP contribution in [0.4, 0.5) is 5.82 Å². The minimum atomic E-state index is -0.790. The van der Waals surface area contributed by atoms with Crippen LogP contribution < -0.4 is 11.1 Å². The zero-order chi connectivity index (χ0) is 24.4. The van der Waals surface area contributed by atoms with Crippen LogP contribution in [-0.4, -0.2) is 56.4 Å². The largest absolute Gasteiger partial charge is 0.414 e. The van der Waals surface area contributed by atoms with Gasteiger partial charge in [-0.2, -0.15) is 5.26 Å². The minimum absolute atomic E-state index is 0.146. The van der Waals surface area contributed by atoms with Crippen LogP contribution in [0.2, 0.25) is 0 Å². The monoisotopic (exact) mass is 488 g/mol. The smallest absolute Gasteiger partial charge is 0.270 e. The second-order valence-electron chi connectivity index (χ2n) is 8.26. The molecule has 1 aromatic carbocycles. The first kappa shape index (κ1) is 23.1. The minimum Gasteiger partial charge on any atom is -0.414 e. The standard InChI is InChI=1S/C24H24N8O2S/c1-14-5-10-35-20(14)23-31-30-22(34-23)19-21(26)28-13-18(29-19)17-4-3-15(11-16(17)12-25)24(33)32-8-2-6-27-7-9-32/h3-5,10-11,13,24,27,33H,2,6-9H2,1H3,(H2,26,28). The van der Waals surface area contributed by atoms with E-state index in [1.165, 1.54) is 17.5 Å². The van der Waals surface area contributed by atoms with Crippen LogP contribution in [0.1, 0.15) is 29.3 Å². The second kappa shape index (κ2) is 9.89. The highest BCUT2D eigenvalue weighted by Gasteiger charge is 2.22. The quantitative estimate of drug-likeness (QED) is 0.382. The van der Waals surface area contributed by atoms with E-state index >= 15 is 0 Å². The molecule has 1 aliphatic heterocycles. The van der Waals surface area contributed by atoms with E-state index in [1.807, 2.05) is 23.3 Å². The Labute approximate surface area is 206 Å². The first-order chi connectivity index (χ1) is 17.0. The number of thiophene rings is 1. The van der Waals surface area contributed by atoms with Crippen molar-refractivity contribution < 1.29 is 9.52 Å². The zero-order valence-electron chi connectivity index (χ0n) is 19.1. The molecule has 10 nitrogen and oxygen atoms in total. The molecule has 0 amide bonds. The molecule has 0 aliphatic carbocycles. The summed E-state index contributed by atoms with van der Waals surface area (Å²) in [5, 5.41) is 34.3. The summed E-state index contributed by atoms with van der Waals surface area (Å²) in [4.78, 5) is 11.7. The Morgan fingerprint density at radius 3 is 2.89 bits per heavy atom. The lowest BCUT2D eigenvalue weighted by Gasteiger charge is -2.26. The van der Waals surface area contributed by atoms with E-state index in [2.05, 4.69) is 31.6 Å². The van der Waals surface area contributed by atoms with Gasteiger partial charge in [-0.1, -0.05) is 12.1 Å². The number of nitrogens with zero attached hydrogens (tertiary/aromatic N) is 6. The number of aryl methyl sites for hydroxylation is 1. The highest BCUT2D eigenvalue weighted by Crippen LogP contribution is 2.33. The molecule has 4 aromatic rings. The Bertz CT molecular complexity index is 1380. The van der Waals surface area contributed by atoms with Gasteiger partial charge in [-0.05, 0) is 48.5 Å². The Balaban J connectivity index is 1.47. The summed E-state index contributed by atoms with van der Waals surface area (Å²) in [6.07, 6.45) is 1.67. The molecule has 1 atom stereocenters. The van der Waals surface area contributed by atoms with E-state index in [0.717, 1.165) is 43.0 Å². The third-order valence-electron chi connectivity index (χ3n) is 5.94. The Hall–Kier alpha value is -3.69. The number of nitrogen functional groups attached to an aromatic ring is 1. The highest BCUT2D eigenvalue weighted by atomic mass is 32.1. The third-order valence-corrected chi connectivity index (χ3v) is 6.95. The predicted molar refractivity (Wildman–Crippen MR) is 132 cm³/mol. The lowest BCUT2D eigenvalue weighted by molar-refractivity contribution is 0.00620. The Kier molecular flexibility index (Phi) is 6.52. The number of anilines is 1. The van der Waals surface area contributed by atoms with Gasteiger partial charge < -0.3 is 20.6 Å². The summed E-state index contributed by atoms with van der Waals surface area (Å²) in [7, 11) is 0.